The molecule has 0 aliphatic carbocycles. The molecule has 80 valence electrons. The zero-order valence-electron chi connectivity index (χ0n) is 9.67. The number of aromatic nitrogens is 2. The van der Waals surface area contributed by atoms with E-state index in [1.807, 2.05) is 7.05 Å². The number of nitrogens with one attached hydrogen (secondary N) is 1. The van der Waals surface area contributed by atoms with Gasteiger partial charge in [-0.05, 0) is 33.4 Å². The van der Waals surface area contributed by atoms with Crippen LogP contribution in [0.1, 0.15) is 44.6 Å². The Bertz CT molecular complexity index is 278. The Kier molecular flexibility index (Phi) is 4.14. The van der Waals surface area contributed by atoms with Crippen LogP contribution in [0.15, 0.2) is 6.07 Å². The molecule has 0 bridgehead atoms. The van der Waals surface area contributed by atoms with Crippen LogP contribution >= 0.6 is 0 Å². The lowest BCUT2D eigenvalue weighted by Gasteiger charge is -2.04. The molecule has 1 atom stereocenters. The van der Waals surface area contributed by atoms with Crippen LogP contribution < -0.4 is 5.32 Å². The second kappa shape index (κ2) is 5.15. The minimum atomic E-state index is 0.346. The summed E-state index contributed by atoms with van der Waals surface area (Å²) in [6.45, 7) is 7.44. The highest BCUT2D eigenvalue weighted by atomic mass is 15.3. The molecule has 1 aromatic heterocycles. The highest BCUT2D eigenvalue weighted by Gasteiger charge is 2.10. The lowest BCUT2D eigenvalue weighted by Crippen LogP contribution is -2.13. The number of hydrogen-bond donors (Lipinski definition) is 1. The minimum Gasteiger partial charge on any atom is -0.312 e. The Hall–Kier alpha value is -0.830. The van der Waals surface area contributed by atoms with Gasteiger partial charge in [-0.2, -0.15) is 5.10 Å². The largest absolute Gasteiger partial charge is 0.312 e. The highest BCUT2D eigenvalue weighted by molar-refractivity contribution is 5.13. The highest BCUT2D eigenvalue weighted by Crippen LogP contribution is 2.13. The first-order valence-corrected chi connectivity index (χ1v) is 5.46. The zero-order valence-corrected chi connectivity index (χ0v) is 9.67. The van der Waals surface area contributed by atoms with E-state index in [1.165, 1.54) is 12.1 Å². The van der Waals surface area contributed by atoms with Gasteiger partial charge in [0.2, 0.25) is 0 Å². The SMILES string of the molecule is CCCc1cc(C(C)NC)nn1CC. The van der Waals surface area contributed by atoms with Crippen LogP contribution in [-0.2, 0) is 13.0 Å². The maximum atomic E-state index is 4.57. The number of rotatable bonds is 5. The fourth-order valence-corrected chi connectivity index (χ4v) is 1.57. The first-order chi connectivity index (χ1) is 6.72. The number of hydrogen-bond acceptors (Lipinski definition) is 2. The molecule has 0 aliphatic rings. The van der Waals surface area contributed by atoms with Crippen LogP contribution in [0.2, 0.25) is 0 Å². The van der Waals surface area contributed by atoms with E-state index in [0.717, 1.165) is 18.7 Å². The predicted molar refractivity (Wildman–Crippen MR) is 59.4 cm³/mol. The monoisotopic (exact) mass is 195 g/mol. The van der Waals surface area contributed by atoms with Crippen molar-refractivity contribution in [1.29, 1.82) is 0 Å². The molecule has 0 radical (unpaired) electrons. The van der Waals surface area contributed by atoms with Crippen molar-refractivity contribution in [2.75, 3.05) is 7.05 Å². The third-order valence-electron chi connectivity index (χ3n) is 2.56. The molecule has 0 aromatic carbocycles. The molecule has 0 saturated heterocycles. The van der Waals surface area contributed by atoms with Gasteiger partial charge < -0.3 is 5.32 Å². The van der Waals surface area contributed by atoms with Crippen molar-refractivity contribution in [1.82, 2.24) is 15.1 Å². The van der Waals surface area contributed by atoms with E-state index in [4.69, 9.17) is 0 Å². The molecule has 3 nitrogen and oxygen atoms in total. The second-order valence-electron chi connectivity index (χ2n) is 3.64. The first-order valence-electron chi connectivity index (χ1n) is 5.46. The van der Waals surface area contributed by atoms with Gasteiger partial charge in [0, 0.05) is 18.3 Å². The molecule has 0 aliphatic heterocycles. The summed E-state index contributed by atoms with van der Waals surface area (Å²) in [6.07, 6.45) is 2.30. The molecule has 1 heterocycles. The predicted octanol–water partition coefficient (Wildman–Crippen LogP) is 2.14. The molecule has 1 aromatic rings. The Labute approximate surface area is 86.5 Å². The summed E-state index contributed by atoms with van der Waals surface area (Å²) in [7, 11) is 1.97. The average molecular weight is 195 g/mol. The van der Waals surface area contributed by atoms with Crippen molar-refractivity contribution in [3.8, 4) is 0 Å². The van der Waals surface area contributed by atoms with Crippen LogP contribution in [0.4, 0.5) is 0 Å². The van der Waals surface area contributed by atoms with E-state index in [1.54, 1.807) is 0 Å². The van der Waals surface area contributed by atoms with Gasteiger partial charge in [0.05, 0.1) is 5.69 Å². The zero-order chi connectivity index (χ0) is 10.6. The Morgan fingerprint density at radius 2 is 2.21 bits per heavy atom. The molecule has 1 rings (SSSR count). The van der Waals surface area contributed by atoms with Gasteiger partial charge in [-0.1, -0.05) is 13.3 Å². The van der Waals surface area contributed by atoms with Crippen LogP contribution in [0.25, 0.3) is 0 Å². The molecule has 0 fully saturated rings. The minimum absolute atomic E-state index is 0.346. The molecule has 14 heavy (non-hydrogen) atoms. The fourth-order valence-electron chi connectivity index (χ4n) is 1.57. The number of aryl methyl sites for hydroxylation is 2. The summed E-state index contributed by atoms with van der Waals surface area (Å²) in [5, 5.41) is 7.78. The topological polar surface area (TPSA) is 29.9 Å². The van der Waals surface area contributed by atoms with Gasteiger partial charge in [-0.15, -0.1) is 0 Å². The molecule has 1 N–H and O–H groups in total. The summed E-state index contributed by atoms with van der Waals surface area (Å²) < 4.78 is 2.10. The average Bonchev–Trinajstić information content (AvgIpc) is 2.60. The summed E-state index contributed by atoms with van der Waals surface area (Å²) in [4.78, 5) is 0. The van der Waals surface area contributed by atoms with E-state index in [0.29, 0.717) is 6.04 Å². The van der Waals surface area contributed by atoms with Crippen LogP contribution in [0.5, 0.6) is 0 Å². The molecule has 0 amide bonds. The maximum absolute atomic E-state index is 4.57. The van der Waals surface area contributed by atoms with Gasteiger partial charge in [0.15, 0.2) is 0 Å². The second-order valence-corrected chi connectivity index (χ2v) is 3.64. The van der Waals surface area contributed by atoms with Crippen molar-refractivity contribution in [3.63, 3.8) is 0 Å². The van der Waals surface area contributed by atoms with E-state index in [-0.39, 0.29) is 0 Å². The van der Waals surface area contributed by atoms with Crippen LogP contribution in [0, 0.1) is 0 Å². The maximum Gasteiger partial charge on any atom is 0.0793 e. The lowest BCUT2D eigenvalue weighted by molar-refractivity contribution is 0.574. The van der Waals surface area contributed by atoms with Crippen LogP contribution in [0.3, 0.4) is 0 Å². The Morgan fingerprint density at radius 1 is 1.50 bits per heavy atom. The van der Waals surface area contributed by atoms with E-state index in [9.17, 15) is 0 Å². The van der Waals surface area contributed by atoms with E-state index < -0.39 is 0 Å². The first kappa shape index (κ1) is 11.2. The van der Waals surface area contributed by atoms with Crippen molar-refractivity contribution in [3.05, 3.63) is 17.5 Å². The standard InChI is InChI=1S/C11H21N3/c1-5-7-10-8-11(9(3)12-4)13-14(10)6-2/h8-9,12H,5-7H2,1-4H3. The Morgan fingerprint density at radius 3 is 2.71 bits per heavy atom. The normalized spacial score (nSPS) is 13.1. The van der Waals surface area contributed by atoms with Crippen LogP contribution in [-0.4, -0.2) is 16.8 Å². The van der Waals surface area contributed by atoms with Gasteiger partial charge >= 0.3 is 0 Å². The van der Waals surface area contributed by atoms with E-state index in [2.05, 4.69) is 41.9 Å². The Balaban J connectivity index is 2.88. The summed E-state index contributed by atoms with van der Waals surface area (Å²) in [5.74, 6) is 0. The molecular weight excluding hydrogens is 174 g/mol. The molecule has 3 heteroatoms. The van der Waals surface area contributed by atoms with Crippen molar-refractivity contribution >= 4 is 0 Å². The van der Waals surface area contributed by atoms with Gasteiger partial charge in [-0.3, -0.25) is 4.68 Å². The number of nitrogens with zero attached hydrogens (tertiary/aromatic N) is 2. The van der Waals surface area contributed by atoms with Crippen molar-refractivity contribution in [2.45, 2.75) is 46.2 Å². The van der Waals surface area contributed by atoms with E-state index >= 15 is 0 Å². The van der Waals surface area contributed by atoms with Crippen molar-refractivity contribution < 1.29 is 0 Å². The van der Waals surface area contributed by atoms with Gasteiger partial charge in [0.25, 0.3) is 0 Å². The third-order valence-corrected chi connectivity index (χ3v) is 2.56. The molecular formula is C11H21N3. The summed E-state index contributed by atoms with van der Waals surface area (Å²) in [6, 6.07) is 2.56. The molecule has 0 saturated carbocycles. The van der Waals surface area contributed by atoms with Gasteiger partial charge in [0.1, 0.15) is 0 Å². The third kappa shape index (κ3) is 2.35. The fraction of sp³-hybridized carbons (Fsp3) is 0.727. The lowest BCUT2D eigenvalue weighted by atomic mass is 10.2. The van der Waals surface area contributed by atoms with Crippen molar-refractivity contribution in [2.24, 2.45) is 0 Å². The summed E-state index contributed by atoms with van der Waals surface area (Å²) in [5.41, 5.74) is 2.50. The molecule has 0 spiro atoms. The quantitative estimate of drug-likeness (QED) is 0.780. The van der Waals surface area contributed by atoms with Gasteiger partial charge in [-0.25, -0.2) is 0 Å². The smallest absolute Gasteiger partial charge is 0.0793 e. The molecule has 1 unspecified atom stereocenters. The summed E-state index contributed by atoms with van der Waals surface area (Å²) >= 11 is 0.